The third kappa shape index (κ3) is 8.54. The first-order valence-electron chi connectivity index (χ1n) is 11.4. The summed E-state index contributed by atoms with van der Waals surface area (Å²) in [6, 6.07) is 12.6. The molecule has 0 saturated heterocycles. The number of rotatable bonds is 14. The van der Waals surface area contributed by atoms with Crippen LogP contribution in [-0.2, 0) is 38.2 Å². The largest absolute Gasteiger partial charge is 0.505 e. The summed E-state index contributed by atoms with van der Waals surface area (Å²) in [5.74, 6) is -0.825. The van der Waals surface area contributed by atoms with Gasteiger partial charge in [-0.1, -0.05) is 15.1 Å². The summed E-state index contributed by atoms with van der Waals surface area (Å²) in [5, 5.41) is 63.3. The number of fused-ring (bicyclic) bond motifs is 1. The van der Waals surface area contributed by atoms with Crippen molar-refractivity contribution in [1.82, 2.24) is 0 Å². The molecule has 4 aromatic carbocycles. The highest BCUT2D eigenvalue weighted by Gasteiger charge is 2.26. The summed E-state index contributed by atoms with van der Waals surface area (Å²) in [4.78, 5) is -0.0909. The van der Waals surface area contributed by atoms with Crippen LogP contribution in [0.25, 0.3) is 10.8 Å². The fourth-order valence-corrected chi connectivity index (χ4v) is 5.53. The molecule has 0 radical (unpaired) electrons. The Bertz CT molecular complexity index is 1850. The van der Waals surface area contributed by atoms with Crippen LogP contribution in [0.3, 0.4) is 0 Å². The number of benzene rings is 4. The van der Waals surface area contributed by atoms with E-state index in [1.54, 1.807) is 12.1 Å². The van der Waals surface area contributed by atoms with E-state index in [9.17, 15) is 18.1 Å². The number of phenolic OH excluding ortho intramolecular Hbond substituents is 1. The first kappa shape index (κ1) is 34.2. The van der Waals surface area contributed by atoms with Crippen molar-refractivity contribution in [2.45, 2.75) is 19.6 Å². The van der Waals surface area contributed by atoms with Crippen molar-refractivity contribution in [3.05, 3.63) is 54.6 Å². The van der Waals surface area contributed by atoms with Gasteiger partial charge in [0.2, 0.25) is 0 Å². The first-order chi connectivity index (χ1) is 21.6. The predicted octanol–water partition coefficient (Wildman–Crippen LogP) is 7.07. The highest BCUT2D eigenvalue weighted by Crippen LogP contribution is 2.49. The summed E-state index contributed by atoms with van der Waals surface area (Å²) >= 11 is 1.63. The van der Waals surface area contributed by atoms with Crippen LogP contribution in [-0.4, -0.2) is 33.8 Å². The fourth-order valence-electron chi connectivity index (χ4n) is 3.59. The second-order valence-electron chi connectivity index (χ2n) is 8.08. The quantitative estimate of drug-likeness (QED) is 0.0172. The van der Waals surface area contributed by atoms with Gasteiger partial charge in [0.15, 0.2) is 5.75 Å². The number of nitrogens with two attached hydrogens (primary N) is 2. The molecular formula is C22H18N6O13S4. The Morgan fingerprint density at radius 3 is 1.98 bits per heavy atom. The number of phenols is 1. The van der Waals surface area contributed by atoms with Gasteiger partial charge in [-0.3, -0.25) is 4.55 Å². The minimum absolute atomic E-state index is 0.00642. The molecule has 0 spiro atoms. The molecule has 0 aliphatic heterocycles. The molecular weight excluding hydrogens is 685 g/mol. The minimum atomic E-state index is -5.03. The van der Waals surface area contributed by atoms with E-state index in [1.165, 1.54) is 36.4 Å². The van der Waals surface area contributed by atoms with E-state index in [0.717, 1.165) is 6.07 Å². The number of nitrogen functional groups attached to an aromatic ring is 2. The number of anilines is 2. The molecule has 23 heteroatoms. The summed E-state index contributed by atoms with van der Waals surface area (Å²) in [7, 11) is -5.03. The molecule has 9 N–H and O–H groups in total. The number of aromatic hydroxyl groups is 1. The lowest BCUT2D eigenvalue weighted by Gasteiger charge is -2.14. The van der Waals surface area contributed by atoms with Crippen LogP contribution < -0.4 is 11.5 Å². The maximum absolute atomic E-state index is 12.4. The van der Waals surface area contributed by atoms with Gasteiger partial charge in [-0.2, -0.15) is 13.5 Å². The number of nitrogens with zero attached hydrogens (tertiary/aromatic N) is 4. The summed E-state index contributed by atoms with van der Waals surface area (Å²) in [6.45, 7) is 0. The van der Waals surface area contributed by atoms with Crippen LogP contribution in [0.4, 0.5) is 34.1 Å². The zero-order valence-electron chi connectivity index (χ0n) is 21.8. The topological polar surface area (TPSA) is 292 Å². The van der Waals surface area contributed by atoms with Crippen molar-refractivity contribution < 1.29 is 62.0 Å². The lowest BCUT2D eigenvalue weighted by molar-refractivity contribution is -0.432. The minimum Gasteiger partial charge on any atom is -0.505 e. The lowest BCUT2D eigenvalue weighted by atomic mass is 10.1. The van der Waals surface area contributed by atoms with Crippen LogP contribution in [0.5, 0.6) is 5.75 Å². The molecule has 0 aliphatic carbocycles. The van der Waals surface area contributed by atoms with Crippen LogP contribution >= 0.6 is 36.1 Å². The van der Waals surface area contributed by atoms with E-state index in [2.05, 4.69) is 48.6 Å². The smallest absolute Gasteiger partial charge is 0.296 e. The summed E-state index contributed by atoms with van der Waals surface area (Å²) in [5.41, 5.74) is 11.6. The summed E-state index contributed by atoms with van der Waals surface area (Å²) < 4.78 is 47.9. The third-order valence-electron chi connectivity index (χ3n) is 5.40. The molecule has 0 unspecified atom stereocenters. The Labute approximate surface area is 264 Å². The molecule has 0 fully saturated rings. The Morgan fingerprint density at radius 1 is 0.711 bits per heavy atom. The van der Waals surface area contributed by atoms with Gasteiger partial charge in [-0.25, -0.2) is 15.8 Å². The molecule has 4 rings (SSSR count). The zero-order chi connectivity index (χ0) is 32.6. The zero-order valence-corrected chi connectivity index (χ0v) is 25.0. The average Bonchev–Trinajstić information content (AvgIpc) is 3.01. The molecule has 0 bridgehead atoms. The highest BCUT2D eigenvalue weighted by molar-refractivity contribution is 7.95. The van der Waals surface area contributed by atoms with E-state index in [-0.39, 0.29) is 43.3 Å². The SMILES string of the molecule is Nc1ccc(SOOO)c(N=Nc2c(S(=O)(=O)O)cc3cc(SOOO)c(N=Nc4ccc(SOOO)cc4)c(N)c3c2O)c1. The van der Waals surface area contributed by atoms with Crippen LogP contribution in [0, 0.1) is 0 Å². The van der Waals surface area contributed by atoms with Gasteiger partial charge >= 0.3 is 0 Å². The van der Waals surface area contributed by atoms with Crippen molar-refractivity contribution in [1.29, 1.82) is 0 Å². The standard InChI is InChI=1S/C22H18N6O13S4/c23-11-1-6-15(43-40-37-31)14(9-11)26-28-21-17(45(33,34)35)8-10-7-16(44-41-38-32)20(19(24)18(10)22(21)29)27-25-12-2-4-13(5-3-12)42-39-36-30/h1-9,29-32H,23-24H2,(H,33,34,35). The van der Waals surface area contributed by atoms with Crippen LogP contribution in [0.2, 0.25) is 0 Å². The average molecular weight is 703 g/mol. The highest BCUT2D eigenvalue weighted by atomic mass is 32.2. The second kappa shape index (κ2) is 15.6. The molecule has 0 saturated carbocycles. The van der Waals surface area contributed by atoms with Crippen molar-refractivity contribution >= 4 is 91.1 Å². The Morgan fingerprint density at radius 2 is 1.33 bits per heavy atom. The number of azo groups is 2. The molecule has 45 heavy (non-hydrogen) atoms. The maximum atomic E-state index is 12.4. The Balaban J connectivity index is 1.88. The Kier molecular flexibility index (Phi) is 11.8. The van der Waals surface area contributed by atoms with E-state index in [0.29, 0.717) is 46.7 Å². The van der Waals surface area contributed by atoms with E-state index in [4.69, 9.17) is 27.2 Å². The molecule has 0 aromatic heterocycles. The molecule has 238 valence electrons. The lowest BCUT2D eigenvalue weighted by Crippen LogP contribution is -2.00. The molecule has 19 nitrogen and oxygen atoms in total. The third-order valence-corrected chi connectivity index (χ3v) is 8.14. The van der Waals surface area contributed by atoms with Crippen LogP contribution in [0.15, 0.2) is 94.6 Å². The van der Waals surface area contributed by atoms with E-state index >= 15 is 0 Å². The monoisotopic (exact) mass is 702 g/mol. The summed E-state index contributed by atoms with van der Waals surface area (Å²) in [6.07, 6.45) is 0. The molecule has 0 amide bonds. The molecule has 4 aromatic rings. The van der Waals surface area contributed by atoms with Gasteiger partial charge in [0.1, 0.15) is 22.0 Å². The fraction of sp³-hybridized carbons (Fsp3) is 0. The van der Waals surface area contributed by atoms with Gasteiger partial charge in [-0.15, -0.1) is 28.3 Å². The molecule has 0 heterocycles. The van der Waals surface area contributed by atoms with Gasteiger partial charge in [-0.05, 0) is 60.0 Å². The van der Waals surface area contributed by atoms with Crippen molar-refractivity contribution in [3.63, 3.8) is 0 Å². The maximum Gasteiger partial charge on any atom is 0.296 e. The predicted molar refractivity (Wildman–Crippen MR) is 157 cm³/mol. The van der Waals surface area contributed by atoms with Gasteiger partial charge in [0, 0.05) is 10.6 Å². The van der Waals surface area contributed by atoms with Crippen molar-refractivity contribution in [2.75, 3.05) is 11.5 Å². The van der Waals surface area contributed by atoms with E-state index < -0.39 is 26.5 Å². The number of hydrogen-bond donors (Lipinski definition) is 7. The number of hydrogen-bond acceptors (Lipinski definition) is 21. The van der Waals surface area contributed by atoms with Crippen LogP contribution in [0.1, 0.15) is 0 Å². The van der Waals surface area contributed by atoms with Crippen molar-refractivity contribution in [3.8, 4) is 5.75 Å². The normalized spacial score (nSPS) is 12.2. The molecule has 0 atom stereocenters. The van der Waals surface area contributed by atoms with Gasteiger partial charge < -0.3 is 16.6 Å². The van der Waals surface area contributed by atoms with E-state index in [1.807, 2.05) is 0 Å². The first-order valence-corrected chi connectivity index (χ1v) is 15.1. The second-order valence-corrected chi connectivity index (χ2v) is 11.7. The Hall–Kier alpha value is -3.66. The molecule has 0 aliphatic rings. The van der Waals surface area contributed by atoms with Gasteiger partial charge in [0.05, 0.1) is 62.7 Å². The van der Waals surface area contributed by atoms with Crippen molar-refractivity contribution in [2.24, 2.45) is 20.5 Å². The van der Waals surface area contributed by atoms with Gasteiger partial charge in [0.25, 0.3) is 10.1 Å².